The first kappa shape index (κ1) is 14.2. The molecule has 18 heavy (non-hydrogen) atoms. The first-order valence-electron chi connectivity index (χ1n) is 5.62. The summed E-state index contributed by atoms with van der Waals surface area (Å²) in [6, 6.07) is 0. The number of carbonyl (C=O) groups excluding carboxylic acids is 2. The van der Waals surface area contributed by atoms with E-state index < -0.39 is 17.2 Å². The Morgan fingerprint density at radius 1 is 1.44 bits per heavy atom. The van der Waals surface area contributed by atoms with Crippen molar-refractivity contribution < 1.29 is 14.3 Å². The van der Waals surface area contributed by atoms with Crippen molar-refractivity contribution in [2.24, 2.45) is 7.05 Å². The van der Waals surface area contributed by atoms with Gasteiger partial charge in [0.2, 0.25) is 0 Å². The van der Waals surface area contributed by atoms with Crippen LogP contribution in [-0.4, -0.2) is 27.5 Å². The molecule has 0 saturated heterocycles. The lowest BCUT2D eigenvalue weighted by atomic mass is 10.0. The number of hydrogen-bond donors (Lipinski definition) is 1. The predicted molar refractivity (Wildman–Crippen MR) is 66.0 cm³/mol. The molecule has 0 spiro atoms. The molecule has 6 nitrogen and oxygen atoms in total. The van der Waals surface area contributed by atoms with E-state index in [0.29, 0.717) is 12.0 Å². The summed E-state index contributed by atoms with van der Waals surface area (Å²) in [6.45, 7) is 6.87. The van der Waals surface area contributed by atoms with Gasteiger partial charge in [-0.3, -0.25) is 0 Å². The van der Waals surface area contributed by atoms with Crippen LogP contribution in [0.15, 0.2) is 12.5 Å². The molecule has 1 aromatic heterocycles. The van der Waals surface area contributed by atoms with Gasteiger partial charge in [0.25, 0.3) is 0 Å². The number of amides is 1. The Hall–Kier alpha value is -1.85. The zero-order valence-corrected chi connectivity index (χ0v) is 11.4. The second-order valence-electron chi connectivity index (χ2n) is 5.34. The van der Waals surface area contributed by atoms with Crippen LogP contribution >= 0.6 is 0 Å². The number of rotatable bonds is 3. The minimum Gasteiger partial charge on any atom is -0.444 e. The van der Waals surface area contributed by atoms with E-state index in [0.717, 1.165) is 0 Å². The molecule has 1 N–H and O–H groups in total. The summed E-state index contributed by atoms with van der Waals surface area (Å²) in [5, 5.41) is 2.55. The van der Waals surface area contributed by atoms with Crippen LogP contribution in [0.5, 0.6) is 0 Å². The van der Waals surface area contributed by atoms with Crippen molar-refractivity contribution in [1.82, 2.24) is 14.9 Å². The fourth-order valence-electron chi connectivity index (χ4n) is 1.53. The molecular weight excluding hydrogens is 234 g/mol. The molecule has 1 unspecified atom stereocenters. The van der Waals surface area contributed by atoms with Crippen LogP contribution < -0.4 is 5.32 Å². The number of aldehydes is 1. The highest BCUT2D eigenvalue weighted by Gasteiger charge is 2.32. The summed E-state index contributed by atoms with van der Waals surface area (Å²) in [6.07, 6.45) is 3.12. The number of aromatic nitrogens is 2. The van der Waals surface area contributed by atoms with Crippen molar-refractivity contribution in [3.63, 3.8) is 0 Å². The minimum absolute atomic E-state index is 0.586. The molecule has 0 radical (unpaired) electrons. The van der Waals surface area contributed by atoms with Crippen LogP contribution in [0.4, 0.5) is 4.79 Å². The maximum Gasteiger partial charge on any atom is 0.408 e. The maximum absolute atomic E-state index is 11.7. The molecule has 0 fully saturated rings. The van der Waals surface area contributed by atoms with Gasteiger partial charge in [0.15, 0.2) is 6.29 Å². The molecule has 0 aliphatic rings. The smallest absolute Gasteiger partial charge is 0.408 e. The van der Waals surface area contributed by atoms with Gasteiger partial charge in [-0.1, -0.05) is 0 Å². The molecular formula is C12H19N3O3. The Balaban J connectivity index is 2.88. The summed E-state index contributed by atoms with van der Waals surface area (Å²) in [4.78, 5) is 26.9. The molecule has 100 valence electrons. The standard InChI is InChI=1S/C12H19N3O3/c1-11(2,3)18-10(17)14-12(4,7-16)9-6-13-8-15(9)5/h6-8H,1-5H3,(H,14,17). The molecule has 0 aromatic carbocycles. The summed E-state index contributed by atoms with van der Waals surface area (Å²) in [5.41, 5.74) is -1.18. The van der Waals surface area contributed by atoms with Crippen LogP contribution in [0.1, 0.15) is 33.4 Å². The minimum atomic E-state index is -1.16. The SMILES string of the molecule is Cn1cncc1C(C)(C=O)NC(=O)OC(C)(C)C. The lowest BCUT2D eigenvalue weighted by Gasteiger charge is -2.27. The van der Waals surface area contributed by atoms with E-state index in [1.807, 2.05) is 0 Å². The molecule has 1 heterocycles. The number of hydrogen-bond acceptors (Lipinski definition) is 4. The molecule has 1 amide bonds. The summed E-state index contributed by atoms with van der Waals surface area (Å²) in [7, 11) is 1.75. The predicted octanol–water partition coefficient (Wildman–Crippen LogP) is 1.36. The fourth-order valence-corrected chi connectivity index (χ4v) is 1.53. The van der Waals surface area contributed by atoms with Gasteiger partial charge in [-0.05, 0) is 27.7 Å². The van der Waals surface area contributed by atoms with E-state index in [-0.39, 0.29) is 0 Å². The summed E-state index contributed by atoms with van der Waals surface area (Å²) < 4.78 is 6.81. The van der Waals surface area contributed by atoms with Crippen LogP contribution in [0.3, 0.4) is 0 Å². The zero-order chi connectivity index (χ0) is 14.0. The number of aryl methyl sites for hydroxylation is 1. The van der Waals surface area contributed by atoms with Gasteiger partial charge in [0.05, 0.1) is 18.2 Å². The molecule has 0 aliphatic carbocycles. The van der Waals surface area contributed by atoms with Crippen molar-refractivity contribution in [1.29, 1.82) is 0 Å². The van der Waals surface area contributed by atoms with Gasteiger partial charge in [0, 0.05) is 7.05 Å². The van der Waals surface area contributed by atoms with Crippen molar-refractivity contribution in [2.45, 2.75) is 38.8 Å². The van der Waals surface area contributed by atoms with E-state index >= 15 is 0 Å². The third-order valence-electron chi connectivity index (χ3n) is 2.35. The Morgan fingerprint density at radius 3 is 2.44 bits per heavy atom. The first-order chi connectivity index (χ1) is 8.18. The number of carbonyl (C=O) groups is 2. The number of nitrogens with zero attached hydrogens (tertiary/aromatic N) is 2. The van der Waals surface area contributed by atoms with Crippen molar-refractivity contribution >= 4 is 12.4 Å². The lowest BCUT2D eigenvalue weighted by molar-refractivity contribution is -0.113. The molecule has 6 heteroatoms. The molecule has 0 aliphatic heterocycles. The topological polar surface area (TPSA) is 73.2 Å². The molecule has 1 atom stereocenters. The van der Waals surface area contributed by atoms with Crippen molar-refractivity contribution in [3.8, 4) is 0 Å². The van der Waals surface area contributed by atoms with Gasteiger partial charge in [-0.2, -0.15) is 0 Å². The van der Waals surface area contributed by atoms with Crippen molar-refractivity contribution in [3.05, 3.63) is 18.2 Å². The Labute approximate surface area is 106 Å². The average Bonchev–Trinajstić information content (AvgIpc) is 2.61. The zero-order valence-electron chi connectivity index (χ0n) is 11.4. The highest BCUT2D eigenvalue weighted by atomic mass is 16.6. The second-order valence-corrected chi connectivity index (χ2v) is 5.34. The number of alkyl carbamates (subject to hydrolysis) is 1. The highest BCUT2D eigenvalue weighted by Crippen LogP contribution is 2.18. The summed E-state index contributed by atoms with van der Waals surface area (Å²) in [5.74, 6) is 0. The second kappa shape index (κ2) is 4.80. The average molecular weight is 253 g/mol. The first-order valence-corrected chi connectivity index (χ1v) is 5.62. The number of imidazole rings is 1. The lowest BCUT2D eigenvalue weighted by Crippen LogP contribution is -2.47. The molecule has 0 bridgehead atoms. The van der Waals surface area contributed by atoms with E-state index in [4.69, 9.17) is 4.74 Å². The van der Waals surface area contributed by atoms with Gasteiger partial charge in [-0.25, -0.2) is 9.78 Å². The van der Waals surface area contributed by atoms with Gasteiger partial charge in [-0.15, -0.1) is 0 Å². The number of ether oxygens (including phenoxy) is 1. The normalized spacial score (nSPS) is 14.7. The van der Waals surface area contributed by atoms with E-state index in [1.54, 1.807) is 45.6 Å². The maximum atomic E-state index is 11.7. The number of nitrogens with one attached hydrogen (secondary N) is 1. The van der Waals surface area contributed by atoms with Crippen LogP contribution in [0.25, 0.3) is 0 Å². The Kier molecular flexibility index (Phi) is 3.79. The molecule has 1 rings (SSSR count). The summed E-state index contributed by atoms with van der Waals surface area (Å²) >= 11 is 0. The van der Waals surface area contributed by atoms with Crippen LogP contribution in [0, 0.1) is 0 Å². The van der Waals surface area contributed by atoms with Gasteiger partial charge < -0.3 is 19.4 Å². The molecule has 0 saturated carbocycles. The fraction of sp³-hybridized carbons (Fsp3) is 0.583. The Bertz CT molecular complexity index is 448. The van der Waals surface area contributed by atoms with Crippen molar-refractivity contribution in [2.75, 3.05) is 0 Å². The quantitative estimate of drug-likeness (QED) is 0.825. The van der Waals surface area contributed by atoms with Crippen LogP contribution in [-0.2, 0) is 22.1 Å². The monoisotopic (exact) mass is 253 g/mol. The Morgan fingerprint density at radius 2 is 2.06 bits per heavy atom. The van der Waals surface area contributed by atoms with E-state index in [2.05, 4.69) is 10.3 Å². The third-order valence-corrected chi connectivity index (χ3v) is 2.35. The molecule has 1 aromatic rings. The largest absolute Gasteiger partial charge is 0.444 e. The van der Waals surface area contributed by atoms with E-state index in [1.165, 1.54) is 6.20 Å². The van der Waals surface area contributed by atoms with E-state index in [9.17, 15) is 9.59 Å². The third kappa shape index (κ3) is 3.32. The van der Waals surface area contributed by atoms with Gasteiger partial charge >= 0.3 is 6.09 Å². The van der Waals surface area contributed by atoms with Gasteiger partial charge in [0.1, 0.15) is 11.1 Å². The van der Waals surface area contributed by atoms with Crippen LogP contribution in [0.2, 0.25) is 0 Å². The highest BCUT2D eigenvalue weighted by molar-refractivity contribution is 5.77.